The highest BCUT2D eigenvalue weighted by Crippen LogP contribution is 2.36. The van der Waals surface area contributed by atoms with E-state index in [4.69, 9.17) is 28.4 Å². The summed E-state index contributed by atoms with van der Waals surface area (Å²) in [5.74, 6) is -1.13. The summed E-state index contributed by atoms with van der Waals surface area (Å²) >= 11 is 0. The number of carbonyl (C=O) groups is 6. The van der Waals surface area contributed by atoms with Crippen molar-refractivity contribution >= 4 is 35.3 Å². The van der Waals surface area contributed by atoms with Gasteiger partial charge in [-0.25, -0.2) is 0 Å². The number of methoxy groups -OCH3 is 3. The largest absolute Gasteiger partial charge is 0.496 e. The van der Waals surface area contributed by atoms with Crippen LogP contribution in [0, 0.1) is 0 Å². The quantitative estimate of drug-likeness (QED) is 0.0382. The third-order valence-corrected chi connectivity index (χ3v) is 11.8. The zero-order chi connectivity index (χ0) is 51.3. The van der Waals surface area contributed by atoms with E-state index in [1.165, 1.54) is 39.5 Å². The molecule has 7 rings (SSSR count). The van der Waals surface area contributed by atoms with Crippen LogP contribution < -0.4 is 14.2 Å². The Labute approximate surface area is 418 Å². The Kier molecular flexibility index (Phi) is 16.9. The molecule has 7 aromatic rings. The molecule has 0 saturated carbocycles. The lowest BCUT2D eigenvalue weighted by molar-refractivity contribution is -0.143. The molecular formula is C60H54O12. The summed E-state index contributed by atoms with van der Waals surface area (Å²) in [6, 6.07) is 41.2. The van der Waals surface area contributed by atoms with Crippen LogP contribution in [-0.4, -0.2) is 76.4 Å². The summed E-state index contributed by atoms with van der Waals surface area (Å²) < 4.78 is 32.7. The molecule has 0 fully saturated rings. The van der Waals surface area contributed by atoms with Crippen LogP contribution >= 0.6 is 0 Å². The molecule has 7 aromatic carbocycles. The van der Waals surface area contributed by atoms with E-state index in [2.05, 4.69) is 0 Å². The first-order valence-electron chi connectivity index (χ1n) is 23.4. The SMILES string of the molecule is CCOC(=O)Cc1cccc(-c2cc(C(=O)c3cc(C(=O)c4ccc(OC)c(-c5cccc(CC(=O)OCC)c5)c4)cc(C(=O)c4ccc(OC)c(-c5cccc(CC(=O)OCC)c5)c4)c3)ccc2OC)c1. The zero-order valence-corrected chi connectivity index (χ0v) is 41.0. The maximum atomic E-state index is 14.9. The number of hydrogen-bond donors (Lipinski definition) is 0. The lowest BCUT2D eigenvalue weighted by Crippen LogP contribution is -2.11. The topological polar surface area (TPSA) is 158 Å². The van der Waals surface area contributed by atoms with Gasteiger partial charge in [0.2, 0.25) is 0 Å². The zero-order valence-electron chi connectivity index (χ0n) is 41.0. The number of esters is 3. The van der Waals surface area contributed by atoms with Crippen molar-refractivity contribution in [3.8, 4) is 50.6 Å². The van der Waals surface area contributed by atoms with Crippen molar-refractivity contribution in [2.75, 3.05) is 41.2 Å². The standard InChI is InChI=1S/C60H54O12/c1-7-70-55(61)28-37-13-10-16-40(25-37)49-34-43(19-22-52(49)67-4)58(64)46-31-47(59(65)44-20-23-53(68-5)50(35-44)41-17-11-14-38(26-41)29-56(62)71-8-2)33-48(32-46)60(66)45-21-24-54(69-6)51(36-45)42-18-12-15-39(27-42)30-57(63)72-9-3/h10-27,31-36H,7-9,28-30H2,1-6H3. The van der Waals surface area contributed by atoms with Gasteiger partial charge < -0.3 is 28.4 Å². The van der Waals surface area contributed by atoms with Crippen molar-refractivity contribution in [1.82, 2.24) is 0 Å². The Morgan fingerprint density at radius 3 is 0.861 bits per heavy atom. The number of benzene rings is 7. The van der Waals surface area contributed by atoms with Gasteiger partial charge in [0.05, 0.1) is 60.4 Å². The molecule has 72 heavy (non-hydrogen) atoms. The van der Waals surface area contributed by atoms with Gasteiger partial charge in [0.1, 0.15) is 17.2 Å². The molecule has 0 saturated heterocycles. The van der Waals surface area contributed by atoms with Gasteiger partial charge in [0, 0.05) is 50.1 Å². The normalized spacial score (nSPS) is 10.8. The van der Waals surface area contributed by atoms with Gasteiger partial charge >= 0.3 is 17.9 Å². The summed E-state index contributed by atoms with van der Waals surface area (Å²) in [5.41, 5.74) is 6.83. The summed E-state index contributed by atoms with van der Waals surface area (Å²) in [6.07, 6.45) is 0.153. The van der Waals surface area contributed by atoms with Gasteiger partial charge in [-0.05, 0) is 127 Å². The Morgan fingerprint density at radius 2 is 0.611 bits per heavy atom. The first kappa shape index (κ1) is 51.2. The van der Waals surface area contributed by atoms with Crippen LogP contribution in [0.5, 0.6) is 17.2 Å². The second-order valence-electron chi connectivity index (χ2n) is 16.6. The number of carbonyl (C=O) groups excluding carboxylic acids is 6. The molecule has 0 spiro atoms. The van der Waals surface area contributed by atoms with E-state index in [0.29, 0.717) is 67.3 Å². The van der Waals surface area contributed by atoms with Gasteiger partial charge in [0.15, 0.2) is 17.3 Å². The van der Waals surface area contributed by atoms with Crippen molar-refractivity contribution in [1.29, 1.82) is 0 Å². The van der Waals surface area contributed by atoms with E-state index in [1.54, 1.807) is 93.6 Å². The predicted molar refractivity (Wildman–Crippen MR) is 273 cm³/mol. The molecule has 0 unspecified atom stereocenters. The molecule has 0 bridgehead atoms. The first-order valence-corrected chi connectivity index (χ1v) is 23.4. The highest BCUT2D eigenvalue weighted by molar-refractivity contribution is 6.18. The Hall–Kier alpha value is -8.64. The minimum Gasteiger partial charge on any atom is -0.496 e. The molecule has 12 nitrogen and oxygen atoms in total. The Morgan fingerprint density at radius 1 is 0.333 bits per heavy atom. The second kappa shape index (κ2) is 23.8. The third kappa shape index (κ3) is 12.2. The average molecular weight is 967 g/mol. The van der Waals surface area contributed by atoms with Crippen LogP contribution in [0.15, 0.2) is 146 Å². The van der Waals surface area contributed by atoms with Crippen LogP contribution in [0.3, 0.4) is 0 Å². The molecule has 0 amide bonds. The summed E-state index contributed by atoms with van der Waals surface area (Å²) in [4.78, 5) is 81.7. The monoisotopic (exact) mass is 966 g/mol. The summed E-state index contributed by atoms with van der Waals surface area (Å²) in [7, 11) is 4.56. The van der Waals surface area contributed by atoms with Crippen LogP contribution in [0.4, 0.5) is 0 Å². The molecule has 0 aliphatic rings. The average Bonchev–Trinajstić information content (AvgIpc) is 3.39. The molecule has 12 heteroatoms. The number of rotatable bonds is 21. The Bertz CT molecular complexity index is 2840. The highest BCUT2D eigenvalue weighted by Gasteiger charge is 2.23. The summed E-state index contributed by atoms with van der Waals surface area (Å²) in [6.45, 7) is 5.98. The van der Waals surface area contributed by atoms with Gasteiger partial charge in [-0.15, -0.1) is 0 Å². The maximum Gasteiger partial charge on any atom is 0.310 e. The molecule has 0 N–H and O–H groups in total. The van der Waals surface area contributed by atoms with E-state index in [1.807, 2.05) is 54.6 Å². The summed E-state index contributed by atoms with van der Waals surface area (Å²) in [5, 5.41) is 0. The van der Waals surface area contributed by atoms with Gasteiger partial charge in [-0.3, -0.25) is 28.8 Å². The molecule has 0 radical (unpaired) electrons. The molecule has 0 aliphatic carbocycles. The van der Waals surface area contributed by atoms with Crippen molar-refractivity contribution in [3.05, 3.63) is 196 Å². The van der Waals surface area contributed by atoms with E-state index >= 15 is 0 Å². The minimum absolute atomic E-state index is 0.0510. The van der Waals surface area contributed by atoms with Crippen LogP contribution in [-0.2, 0) is 47.9 Å². The van der Waals surface area contributed by atoms with Gasteiger partial charge in [-0.1, -0.05) is 72.8 Å². The van der Waals surface area contributed by atoms with E-state index < -0.39 is 17.3 Å². The fraction of sp³-hybridized carbons (Fsp3) is 0.200. The van der Waals surface area contributed by atoms with Crippen molar-refractivity contribution < 1.29 is 57.2 Å². The third-order valence-electron chi connectivity index (χ3n) is 11.8. The number of ether oxygens (including phenoxy) is 6. The van der Waals surface area contributed by atoms with Crippen molar-refractivity contribution in [2.24, 2.45) is 0 Å². The lowest BCUT2D eigenvalue weighted by Gasteiger charge is -2.15. The van der Waals surface area contributed by atoms with Crippen LogP contribution in [0.25, 0.3) is 33.4 Å². The number of ketones is 3. The van der Waals surface area contributed by atoms with Gasteiger partial charge in [0.25, 0.3) is 0 Å². The first-order chi connectivity index (χ1) is 34.9. The second-order valence-corrected chi connectivity index (χ2v) is 16.6. The molecule has 366 valence electrons. The lowest BCUT2D eigenvalue weighted by atomic mass is 9.90. The number of hydrogen-bond acceptors (Lipinski definition) is 12. The van der Waals surface area contributed by atoms with Crippen LogP contribution in [0.1, 0.15) is 85.2 Å². The van der Waals surface area contributed by atoms with Gasteiger partial charge in [-0.2, -0.15) is 0 Å². The highest BCUT2D eigenvalue weighted by atomic mass is 16.5. The maximum absolute atomic E-state index is 14.9. The smallest absolute Gasteiger partial charge is 0.310 e. The molecular weight excluding hydrogens is 913 g/mol. The fourth-order valence-electron chi connectivity index (χ4n) is 8.43. The van der Waals surface area contributed by atoms with Crippen LogP contribution in [0.2, 0.25) is 0 Å². The Balaban J connectivity index is 1.33. The minimum atomic E-state index is -0.479. The van der Waals surface area contributed by atoms with Crippen molar-refractivity contribution in [2.45, 2.75) is 40.0 Å². The molecule has 0 heterocycles. The van der Waals surface area contributed by atoms with E-state index in [0.717, 1.165) is 0 Å². The van der Waals surface area contributed by atoms with E-state index in [9.17, 15) is 28.8 Å². The molecule has 0 aliphatic heterocycles. The fourth-order valence-corrected chi connectivity index (χ4v) is 8.43. The van der Waals surface area contributed by atoms with E-state index in [-0.39, 0.29) is 90.4 Å². The molecule has 0 aromatic heterocycles. The van der Waals surface area contributed by atoms with Crippen molar-refractivity contribution in [3.63, 3.8) is 0 Å². The molecule has 0 atom stereocenters. The predicted octanol–water partition coefficient (Wildman–Crippen LogP) is 10.7.